The number of aryl methyl sites for hydroxylation is 1. The molecule has 1 heterocycles. The largest absolute Gasteiger partial charge is 0.496 e. The highest BCUT2D eigenvalue weighted by atomic mass is 79.9. The highest BCUT2D eigenvalue weighted by Crippen LogP contribution is 2.38. The SMILES string of the molecule is COc1c(C(O)c2sccc2Br)ccc(C)c1C. The molecule has 1 aromatic carbocycles. The zero-order valence-corrected chi connectivity index (χ0v) is 12.9. The fraction of sp³-hybridized carbons (Fsp3) is 0.286. The topological polar surface area (TPSA) is 29.5 Å². The van der Waals surface area contributed by atoms with Crippen LogP contribution in [0.1, 0.15) is 27.7 Å². The fourth-order valence-electron chi connectivity index (χ4n) is 1.94. The van der Waals surface area contributed by atoms with Crippen LogP contribution in [0.25, 0.3) is 0 Å². The first kappa shape index (κ1) is 13.6. The number of methoxy groups -OCH3 is 1. The van der Waals surface area contributed by atoms with Gasteiger partial charge in [0.25, 0.3) is 0 Å². The maximum Gasteiger partial charge on any atom is 0.128 e. The van der Waals surface area contributed by atoms with Gasteiger partial charge in [-0.3, -0.25) is 0 Å². The highest BCUT2D eigenvalue weighted by Gasteiger charge is 2.20. The fourth-order valence-corrected chi connectivity index (χ4v) is 3.53. The van der Waals surface area contributed by atoms with Crippen LogP contribution in [-0.2, 0) is 0 Å². The highest BCUT2D eigenvalue weighted by molar-refractivity contribution is 9.10. The van der Waals surface area contributed by atoms with Crippen molar-refractivity contribution in [2.24, 2.45) is 0 Å². The van der Waals surface area contributed by atoms with E-state index in [2.05, 4.69) is 15.9 Å². The molecule has 2 nitrogen and oxygen atoms in total. The quantitative estimate of drug-likeness (QED) is 0.915. The van der Waals surface area contributed by atoms with Crippen molar-refractivity contribution in [1.82, 2.24) is 0 Å². The van der Waals surface area contributed by atoms with Gasteiger partial charge in [0, 0.05) is 10.0 Å². The van der Waals surface area contributed by atoms with Crippen LogP contribution in [-0.4, -0.2) is 12.2 Å². The number of benzene rings is 1. The summed E-state index contributed by atoms with van der Waals surface area (Å²) in [7, 11) is 1.64. The molecule has 1 N–H and O–H groups in total. The predicted octanol–water partition coefficient (Wildman–Crippen LogP) is 4.22. The van der Waals surface area contributed by atoms with E-state index in [9.17, 15) is 5.11 Å². The van der Waals surface area contributed by atoms with Crippen LogP contribution in [0, 0.1) is 13.8 Å². The molecule has 1 atom stereocenters. The molecule has 2 aromatic rings. The van der Waals surface area contributed by atoms with Gasteiger partial charge >= 0.3 is 0 Å². The predicted molar refractivity (Wildman–Crippen MR) is 78.5 cm³/mol. The lowest BCUT2D eigenvalue weighted by molar-refractivity contribution is 0.217. The second-order valence-electron chi connectivity index (χ2n) is 4.17. The van der Waals surface area contributed by atoms with Crippen molar-refractivity contribution in [1.29, 1.82) is 0 Å². The Morgan fingerprint density at radius 3 is 2.56 bits per heavy atom. The molecule has 2 rings (SSSR count). The van der Waals surface area contributed by atoms with Crippen LogP contribution in [0.4, 0.5) is 0 Å². The molecule has 1 unspecified atom stereocenters. The van der Waals surface area contributed by atoms with Gasteiger partial charge in [0.05, 0.1) is 12.0 Å². The summed E-state index contributed by atoms with van der Waals surface area (Å²) in [5, 5.41) is 12.4. The molecule has 0 aliphatic rings. The first-order valence-corrected chi connectivity index (χ1v) is 7.28. The lowest BCUT2D eigenvalue weighted by Gasteiger charge is -2.17. The molecule has 0 aliphatic heterocycles. The molecular formula is C14H15BrO2S. The van der Waals surface area contributed by atoms with Crippen molar-refractivity contribution in [2.45, 2.75) is 20.0 Å². The third kappa shape index (κ3) is 2.32. The van der Waals surface area contributed by atoms with E-state index in [1.54, 1.807) is 7.11 Å². The standard InChI is InChI=1S/C14H15BrO2S/c1-8-4-5-10(13(17-3)9(8)2)12(16)14-11(15)6-7-18-14/h4-7,12,16H,1-3H3. The van der Waals surface area contributed by atoms with E-state index in [1.807, 2.05) is 37.4 Å². The Hall–Kier alpha value is -0.840. The van der Waals surface area contributed by atoms with Gasteiger partial charge in [0.15, 0.2) is 0 Å². The average Bonchev–Trinajstić information content (AvgIpc) is 2.78. The third-order valence-electron chi connectivity index (χ3n) is 3.10. The molecular weight excluding hydrogens is 312 g/mol. The Morgan fingerprint density at radius 2 is 2.00 bits per heavy atom. The maximum absolute atomic E-state index is 10.5. The number of hydrogen-bond acceptors (Lipinski definition) is 3. The van der Waals surface area contributed by atoms with Crippen molar-refractivity contribution in [3.8, 4) is 5.75 Å². The smallest absolute Gasteiger partial charge is 0.128 e. The van der Waals surface area contributed by atoms with Gasteiger partial charge in [-0.05, 0) is 52.4 Å². The molecule has 0 spiro atoms. The summed E-state index contributed by atoms with van der Waals surface area (Å²) in [5.74, 6) is 0.766. The first-order valence-electron chi connectivity index (χ1n) is 5.61. The second-order valence-corrected chi connectivity index (χ2v) is 5.97. The van der Waals surface area contributed by atoms with E-state index in [0.717, 1.165) is 31.8 Å². The molecule has 18 heavy (non-hydrogen) atoms. The Morgan fingerprint density at radius 1 is 1.28 bits per heavy atom. The van der Waals surface area contributed by atoms with E-state index in [1.165, 1.54) is 11.3 Å². The summed E-state index contributed by atoms with van der Waals surface area (Å²) in [6, 6.07) is 5.88. The molecule has 0 radical (unpaired) electrons. The van der Waals surface area contributed by atoms with Gasteiger partial charge in [0.1, 0.15) is 11.9 Å². The van der Waals surface area contributed by atoms with Gasteiger partial charge < -0.3 is 9.84 Å². The number of aliphatic hydroxyl groups excluding tert-OH is 1. The van der Waals surface area contributed by atoms with E-state index in [0.29, 0.717) is 0 Å². The zero-order chi connectivity index (χ0) is 13.3. The lowest BCUT2D eigenvalue weighted by atomic mass is 10.00. The average molecular weight is 327 g/mol. The van der Waals surface area contributed by atoms with E-state index in [-0.39, 0.29) is 0 Å². The van der Waals surface area contributed by atoms with Crippen LogP contribution in [0.5, 0.6) is 5.75 Å². The Kier molecular flexibility index (Phi) is 4.10. The lowest BCUT2D eigenvalue weighted by Crippen LogP contribution is -2.03. The number of halogens is 1. The van der Waals surface area contributed by atoms with Crippen molar-refractivity contribution in [3.63, 3.8) is 0 Å². The second kappa shape index (κ2) is 5.43. The van der Waals surface area contributed by atoms with Gasteiger partial charge in [-0.2, -0.15) is 0 Å². The molecule has 0 amide bonds. The Balaban J connectivity index is 2.52. The monoisotopic (exact) mass is 326 g/mol. The number of hydrogen-bond donors (Lipinski definition) is 1. The van der Waals surface area contributed by atoms with Crippen LogP contribution in [0.2, 0.25) is 0 Å². The Bertz CT molecular complexity index is 563. The van der Waals surface area contributed by atoms with Crippen molar-refractivity contribution in [2.75, 3.05) is 7.11 Å². The molecule has 1 aromatic heterocycles. The zero-order valence-electron chi connectivity index (χ0n) is 10.5. The normalized spacial score (nSPS) is 12.5. The molecule has 4 heteroatoms. The molecule has 96 valence electrons. The number of rotatable bonds is 3. The van der Waals surface area contributed by atoms with Gasteiger partial charge in [-0.25, -0.2) is 0 Å². The molecule has 0 saturated carbocycles. The summed E-state index contributed by atoms with van der Waals surface area (Å²) in [4.78, 5) is 0.900. The summed E-state index contributed by atoms with van der Waals surface area (Å²) in [5.41, 5.74) is 3.04. The maximum atomic E-state index is 10.5. The van der Waals surface area contributed by atoms with Crippen molar-refractivity contribution in [3.05, 3.63) is 49.6 Å². The van der Waals surface area contributed by atoms with Crippen LogP contribution >= 0.6 is 27.3 Å². The van der Waals surface area contributed by atoms with E-state index in [4.69, 9.17) is 4.74 Å². The van der Waals surface area contributed by atoms with Crippen LogP contribution in [0.3, 0.4) is 0 Å². The molecule has 0 fully saturated rings. The summed E-state index contributed by atoms with van der Waals surface area (Å²) in [6.07, 6.45) is -0.659. The minimum atomic E-state index is -0.659. The Labute approximate surface area is 119 Å². The van der Waals surface area contributed by atoms with Crippen molar-refractivity contribution < 1.29 is 9.84 Å². The van der Waals surface area contributed by atoms with Crippen molar-refractivity contribution >= 4 is 27.3 Å². The summed E-state index contributed by atoms with van der Waals surface area (Å²) >= 11 is 4.98. The minimum absolute atomic E-state index is 0.659. The van der Waals surface area contributed by atoms with Crippen LogP contribution in [0.15, 0.2) is 28.1 Å². The molecule has 0 saturated heterocycles. The van der Waals surface area contributed by atoms with Crippen LogP contribution < -0.4 is 4.74 Å². The minimum Gasteiger partial charge on any atom is -0.496 e. The third-order valence-corrected chi connectivity index (χ3v) is 5.02. The number of thiophene rings is 1. The molecule has 0 bridgehead atoms. The van der Waals surface area contributed by atoms with E-state index < -0.39 is 6.10 Å². The summed E-state index contributed by atoms with van der Waals surface area (Å²) < 4.78 is 6.38. The van der Waals surface area contributed by atoms with Gasteiger partial charge in [-0.1, -0.05) is 12.1 Å². The first-order chi connectivity index (χ1) is 8.56. The van der Waals surface area contributed by atoms with Gasteiger partial charge in [0.2, 0.25) is 0 Å². The van der Waals surface area contributed by atoms with Gasteiger partial charge in [-0.15, -0.1) is 11.3 Å². The molecule has 0 aliphatic carbocycles. The van der Waals surface area contributed by atoms with E-state index >= 15 is 0 Å². The number of aliphatic hydroxyl groups is 1. The summed E-state index contributed by atoms with van der Waals surface area (Å²) in [6.45, 7) is 4.04. The number of ether oxygens (including phenoxy) is 1.